The molecule has 1 saturated heterocycles. The third-order valence-electron chi connectivity index (χ3n) is 5.87. The Morgan fingerprint density at radius 1 is 1.26 bits per heavy atom. The molecule has 124 valence electrons. The summed E-state index contributed by atoms with van der Waals surface area (Å²) in [6.45, 7) is 0. The predicted octanol–water partition coefficient (Wildman–Crippen LogP) is 0.717. The summed E-state index contributed by atoms with van der Waals surface area (Å²) in [7, 11) is 2.54. The minimum Gasteiger partial charge on any atom is -0.469 e. The first-order chi connectivity index (χ1) is 11.0. The molecule has 1 unspecified atom stereocenters. The van der Waals surface area contributed by atoms with E-state index in [0.29, 0.717) is 24.8 Å². The van der Waals surface area contributed by atoms with Gasteiger partial charge in [-0.25, -0.2) is 0 Å². The molecule has 4 aliphatic rings. The summed E-state index contributed by atoms with van der Waals surface area (Å²) in [5, 5.41) is 0. The van der Waals surface area contributed by atoms with Crippen molar-refractivity contribution in [1.82, 2.24) is 0 Å². The highest BCUT2D eigenvalue weighted by atomic mass is 16.8. The van der Waals surface area contributed by atoms with E-state index in [1.807, 2.05) is 0 Å². The molecule has 3 fully saturated rings. The highest BCUT2D eigenvalue weighted by molar-refractivity contribution is 5.97. The summed E-state index contributed by atoms with van der Waals surface area (Å²) in [5.41, 5.74) is -1.77. The van der Waals surface area contributed by atoms with Crippen LogP contribution in [-0.4, -0.2) is 43.8 Å². The molecule has 5 atom stereocenters. The number of hydrogen-bond acceptors (Lipinski definition) is 7. The van der Waals surface area contributed by atoms with E-state index in [4.69, 9.17) is 18.9 Å². The summed E-state index contributed by atoms with van der Waals surface area (Å²) < 4.78 is 21.4. The van der Waals surface area contributed by atoms with Gasteiger partial charge in [0.15, 0.2) is 5.60 Å². The summed E-state index contributed by atoms with van der Waals surface area (Å²) in [6, 6.07) is 0. The molecule has 0 aromatic carbocycles. The molecule has 2 bridgehead atoms. The van der Waals surface area contributed by atoms with Gasteiger partial charge in [-0.3, -0.25) is 14.4 Å². The van der Waals surface area contributed by atoms with Crippen molar-refractivity contribution in [3.63, 3.8) is 0 Å². The Hall–Kier alpha value is -1.89. The molecular formula is C16H18O7. The summed E-state index contributed by atoms with van der Waals surface area (Å²) in [6.07, 6.45) is 2.46. The van der Waals surface area contributed by atoms with Gasteiger partial charge in [-0.15, -0.1) is 0 Å². The van der Waals surface area contributed by atoms with E-state index in [0.717, 1.165) is 0 Å². The molecule has 2 heterocycles. The lowest BCUT2D eigenvalue weighted by molar-refractivity contribution is -0.173. The molecule has 23 heavy (non-hydrogen) atoms. The molecule has 0 radical (unpaired) electrons. The monoisotopic (exact) mass is 322 g/mol. The fraction of sp³-hybridized carbons (Fsp3) is 0.688. The third kappa shape index (κ3) is 1.51. The lowest BCUT2D eigenvalue weighted by Gasteiger charge is -2.38. The van der Waals surface area contributed by atoms with Crippen molar-refractivity contribution in [3.05, 3.63) is 11.8 Å². The molecule has 1 spiro atoms. The van der Waals surface area contributed by atoms with Crippen LogP contribution >= 0.6 is 0 Å². The Morgan fingerprint density at radius 2 is 2.04 bits per heavy atom. The van der Waals surface area contributed by atoms with E-state index >= 15 is 0 Å². The first kappa shape index (κ1) is 14.7. The predicted molar refractivity (Wildman–Crippen MR) is 73.7 cm³/mol. The fourth-order valence-corrected chi connectivity index (χ4v) is 4.92. The largest absolute Gasteiger partial charge is 0.469 e. The number of methoxy groups -OCH3 is 2. The van der Waals surface area contributed by atoms with Crippen molar-refractivity contribution < 1.29 is 33.3 Å². The van der Waals surface area contributed by atoms with Crippen molar-refractivity contribution in [1.29, 1.82) is 0 Å². The van der Waals surface area contributed by atoms with Gasteiger partial charge >= 0.3 is 11.9 Å². The lowest BCUT2D eigenvalue weighted by atomic mass is 9.61. The first-order valence-electron chi connectivity index (χ1n) is 7.74. The molecule has 2 aliphatic carbocycles. The summed E-state index contributed by atoms with van der Waals surface area (Å²) in [4.78, 5) is 38.2. The van der Waals surface area contributed by atoms with Crippen LogP contribution in [0.4, 0.5) is 0 Å². The van der Waals surface area contributed by atoms with E-state index in [-0.39, 0.29) is 12.2 Å². The minimum atomic E-state index is -1.39. The van der Waals surface area contributed by atoms with Gasteiger partial charge in [0.2, 0.25) is 6.29 Å². The van der Waals surface area contributed by atoms with Crippen molar-refractivity contribution >= 4 is 17.7 Å². The van der Waals surface area contributed by atoms with E-state index in [1.165, 1.54) is 20.5 Å². The average molecular weight is 322 g/mol. The Balaban J connectivity index is 2.01. The normalized spacial score (nSPS) is 43.3. The topological polar surface area (TPSA) is 91.4 Å². The lowest BCUT2D eigenvalue weighted by Crippen LogP contribution is -2.56. The number of Topliss-reactive ketones (excluding diaryl/α,β-unsaturated/α-hetero) is 1. The van der Waals surface area contributed by atoms with Gasteiger partial charge in [0.25, 0.3) is 0 Å². The number of epoxide rings is 1. The second-order valence-electron chi connectivity index (χ2n) is 6.54. The maximum Gasteiger partial charge on any atom is 0.316 e. The minimum absolute atomic E-state index is 0.0271. The van der Waals surface area contributed by atoms with Crippen LogP contribution in [0.15, 0.2) is 11.8 Å². The van der Waals surface area contributed by atoms with Crippen LogP contribution < -0.4 is 0 Å². The SMILES string of the molecule is COC(=O)[C@@H]1C2=COC3O[C@]34CC[C@H](C(=O)CC2)[C@]14C(=O)OC. The van der Waals surface area contributed by atoms with Gasteiger partial charge < -0.3 is 18.9 Å². The van der Waals surface area contributed by atoms with Crippen molar-refractivity contribution in [2.45, 2.75) is 37.6 Å². The number of ether oxygens (including phenoxy) is 4. The number of hydrogen-bond donors (Lipinski definition) is 0. The number of esters is 2. The van der Waals surface area contributed by atoms with E-state index in [9.17, 15) is 14.4 Å². The van der Waals surface area contributed by atoms with Crippen LogP contribution in [0.3, 0.4) is 0 Å². The van der Waals surface area contributed by atoms with Crippen LogP contribution in [0.5, 0.6) is 0 Å². The number of carbonyl (C=O) groups is 3. The maximum absolute atomic E-state index is 12.9. The van der Waals surface area contributed by atoms with Crippen LogP contribution in [0.1, 0.15) is 25.7 Å². The number of rotatable bonds is 2. The standard InChI is InChI=1S/C16H18O7/c1-20-12(18)11-8-3-4-10(17)9-5-6-15(14(23-15)22-7-8)16(9,11)13(19)21-2/h7,9,11,14H,3-6H2,1-2H3/t9-,11+,14?,15-,16-/m1/s1. The van der Waals surface area contributed by atoms with Gasteiger partial charge in [-0.1, -0.05) is 0 Å². The van der Waals surface area contributed by atoms with Crippen LogP contribution in [0.2, 0.25) is 0 Å². The summed E-state index contributed by atoms with van der Waals surface area (Å²) in [5.74, 6) is -2.70. The number of fused-ring (bicyclic) bond motifs is 1. The van der Waals surface area contributed by atoms with Gasteiger partial charge in [-0.2, -0.15) is 0 Å². The highest BCUT2D eigenvalue weighted by Crippen LogP contribution is 2.70. The highest BCUT2D eigenvalue weighted by Gasteiger charge is 2.85. The van der Waals surface area contributed by atoms with Gasteiger partial charge in [0, 0.05) is 12.3 Å². The second kappa shape index (κ2) is 4.56. The molecule has 0 aromatic rings. The molecule has 4 rings (SSSR count). The Morgan fingerprint density at radius 3 is 2.74 bits per heavy atom. The van der Waals surface area contributed by atoms with Crippen molar-refractivity contribution in [2.75, 3.05) is 14.2 Å². The zero-order chi connectivity index (χ0) is 16.4. The molecule has 7 nitrogen and oxygen atoms in total. The van der Waals surface area contributed by atoms with Crippen LogP contribution in [0, 0.1) is 17.3 Å². The third-order valence-corrected chi connectivity index (χ3v) is 5.87. The zero-order valence-electron chi connectivity index (χ0n) is 13.0. The van der Waals surface area contributed by atoms with Crippen molar-refractivity contribution in [2.24, 2.45) is 17.3 Å². The van der Waals surface area contributed by atoms with Gasteiger partial charge in [-0.05, 0) is 24.8 Å². The maximum atomic E-state index is 12.9. The van der Waals surface area contributed by atoms with Gasteiger partial charge in [0.05, 0.1) is 20.5 Å². The van der Waals surface area contributed by atoms with Crippen LogP contribution in [0.25, 0.3) is 0 Å². The zero-order valence-corrected chi connectivity index (χ0v) is 13.0. The van der Waals surface area contributed by atoms with E-state index < -0.39 is 41.1 Å². The second-order valence-corrected chi connectivity index (χ2v) is 6.54. The Kier molecular flexibility index (Phi) is 2.91. The molecule has 0 aromatic heterocycles. The average Bonchev–Trinajstić information content (AvgIpc) is 3.21. The molecule has 2 saturated carbocycles. The smallest absolute Gasteiger partial charge is 0.316 e. The molecule has 2 aliphatic heterocycles. The molecule has 0 amide bonds. The fourth-order valence-electron chi connectivity index (χ4n) is 4.92. The Labute approximate surface area is 132 Å². The van der Waals surface area contributed by atoms with Crippen LogP contribution in [-0.2, 0) is 33.3 Å². The van der Waals surface area contributed by atoms with E-state index in [2.05, 4.69) is 0 Å². The Bertz CT molecular complexity index is 638. The first-order valence-corrected chi connectivity index (χ1v) is 7.74. The molecule has 0 N–H and O–H groups in total. The summed E-state index contributed by atoms with van der Waals surface area (Å²) >= 11 is 0. The van der Waals surface area contributed by atoms with E-state index in [1.54, 1.807) is 0 Å². The molecular weight excluding hydrogens is 304 g/mol. The number of ketones is 1. The van der Waals surface area contributed by atoms with Gasteiger partial charge in [0.1, 0.15) is 17.1 Å². The van der Waals surface area contributed by atoms with Crippen molar-refractivity contribution in [3.8, 4) is 0 Å². The number of carbonyl (C=O) groups excluding carboxylic acids is 3. The quantitative estimate of drug-likeness (QED) is 0.546. The molecule has 7 heteroatoms.